The van der Waals surface area contributed by atoms with Gasteiger partial charge in [0, 0.05) is 24.8 Å². The number of nitrogens with zero attached hydrogens (tertiary/aromatic N) is 1. The average Bonchev–Trinajstić information content (AvgIpc) is 2.72. The molecule has 1 heterocycles. The van der Waals surface area contributed by atoms with Gasteiger partial charge in [0.05, 0.1) is 0 Å². The molecular weight excluding hydrogens is 256 g/mol. The van der Waals surface area contributed by atoms with Crippen LogP contribution < -0.4 is 10.2 Å². The van der Waals surface area contributed by atoms with E-state index in [9.17, 15) is 0 Å². The number of nitrogens with one attached hydrogen (secondary N) is 1. The molecule has 1 unspecified atom stereocenters. The average molecular weight is 288 g/mol. The highest BCUT2D eigenvalue weighted by molar-refractivity contribution is 5.54. The third-order valence-electron chi connectivity index (χ3n) is 4.52. The van der Waals surface area contributed by atoms with Crippen LogP contribution in [-0.4, -0.2) is 19.1 Å². The maximum atomic E-state index is 3.60. The van der Waals surface area contributed by atoms with Crippen molar-refractivity contribution in [2.75, 3.05) is 18.0 Å². The van der Waals surface area contributed by atoms with Gasteiger partial charge in [-0.1, -0.05) is 51.8 Å². The van der Waals surface area contributed by atoms with Crippen molar-refractivity contribution in [2.24, 2.45) is 5.92 Å². The topological polar surface area (TPSA) is 15.3 Å². The van der Waals surface area contributed by atoms with Crippen molar-refractivity contribution in [1.29, 1.82) is 0 Å². The minimum atomic E-state index is 0.707. The normalized spacial score (nSPS) is 19.8. The summed E-state index contributed by atoms with van der Waals surface area (Å²) in [5, 5.41) is 3.60. The first kappa shape index (κ1) is 16.4. The molecule has 0 saturated carbocycles. The Bertz CT molecular complexity index is 414. The molecule has 2 rings (SSSR count). The molecule has 118 valence electrons. The van der Waals surface area contributed by atoms with Crippen molar-refractivity contribution in [2.45, 2.75) is 65.5 Å². The van der Waals surface area contributed by atoms with Crippen molar-refractivity contribution in [3.8, 4) is 0 Å². The number of rotatable bonds is 6. The molecule has 1 aromatic rings. The second kappa shape index (κ2) is 8.43. The second-order valence-electron chi connectivity index (χ2n) is 6.76. The van der Waals surface area contributed by atoms with Crippen LogP contribution >= 0.6 is 0 Å². The molecular formula is C19H32N2. The van der Waals surface area contributed by atoms with Crippen molar-refractivity contribution in [3.63, 3.8) is 0 Å². The minimum Gasteiger partial charge on any atom is -0.368 e. The van der Waals surface area contributed by atoms with Gasteiger partial charge in [0.1, 0.15) is 0 Å². The van der Waals surface area contributed by atoms with Gasteiger partial charge in [-0.15, -0.1) is 0 Å². The van der Waals surface area contributed by atoms with Gasteiger partial charge in [-0.2, -0.15) is 0 Å². The zero-order valence-electron chi connectivity index (χ0n) is 14.1. The zero-order chi connectivity index (χ0) is 15.1. The van der Waals surface area contributed by atoms with E-state index in [-0.39, 0.29) is 0 Å². The fourth-order valence-electron chi connectivity index (χ4n) is 3.35. The first-order valence-electron chi connectivity index (χ1n) is 8.77. The molecule has 1 aliphatic rings. The van der Waals surface area contributed by atoms with Crippen LogP contribution in [0.15, 0.2) is 24.3 Å². The fraction of sp³-hybridized carbons (Fsp3) is 0.684. The monoisotopic (exact) mass is 288 g/mol. The maximum Gasteiger partial charge on any atom is 0.0414 e. The summed E-state index contributed by atoms with van der Waals surface area (Å²) < 4.78 is 0. The number of para-hydroxylation sites is 1. The molecule has 0 aromatic heterocycles. The lowest BCUT2D eigenvalue weighted by atomic mass is 10.0. The molecule has 1 atom stereocenters. The Morgan fingerprint density at radius 2 is 2.00 bits per heavy atom. The summed E-state index contributed by atoms with van der Waals surface area (Å²) in [6, 6.07) is 9.70. The predicted octanol–water partition coefficient (Wildman–Crippen LogP) is 4.59. The van der Waals surface area contributed by atoms with Crippen LogP contribution in [0.25, 0.3) is 0 Å². The van der Waals surface area contributed by atoms with Gasteiger partial charge >= 0.3 is 0 Å². The molecule has 0 aliphatic carbocycles. The van der Waals surface area contributed by atoms with Gasteiger partial charge < -0.3 is 10.2 Å². The third-order valence-corrected chi connectivity index (χ3v) is 4.52. The maximum absolute atomic E-state index is 3.60. The van der Waals surface area contributed by atoms with Gasteiger partial charge in [0.15, 0.2) is 0 Å². The minimum absolute atomic E-state index is 0.707. The lowest BCUT2D eigenvalue weighted by Gasteiger charge is -2.33. The molecule has 1 fully saturated rings. The Labute approximate surface area is 130 Å². The number of anilines is 1. The molecule has 0 spiro atoms. The fourth-order valence-corrected chi connectivity index (χ4v) is 3.35. The van der Waals surface area contributed by atoms with E-state index in [1.54, 1.807) is 0 Å². The van der Waals surface area contributed by atoms with E-state index in [0.29, 0.717) is 5.92 Å². The SMILES string of the molecule is CCC1CCCCCN1c1ccccc1CNCC(C)C. The first-order chi connectivity index (χ1) is 10.2. The van der Waals surface area contributed by atoms with E-state index >= 15 is 0 Å². The Morgan fingerprint density at radius 1 is 1.19 bits per heavy atom. The van der Waals surface area contributed by atoms with Gasteiger partial charge in [-0.25, -0.2) is 0 Å². The molecule has 2 heteroatoms. The summed E-state index contributed by atoms with van der Waals surface area (Å²) in [7, 11) is 0. The highest BCUT2D eigenvalue weighted by Crippen LogP contribution is 2.28. The van der Waals surface area contributed by atoms with Crippen LogP contribution in [0.2, 0.25) is 0 Å². The Balaban J connectivity index is 2.12. The van der Waals surface area contributed by atoms with Gasteiger partial charge in [0.2, 0.25) is 0 Å². The van der Waals surface area contributed by atoms with E-state index in [1.165, 1.54) is 49.9 Å². The molecule has 0 amide bonds. The van der Waals surface area contributed by atoms with Crippen LogP contribution in [0.1, 0.15) is 58.4 Å². The lowest BCUT2D eigenvalue weighted by molar-refractivity contribution is 0.542. The quantitative estimate of drug-likeness (QED) is 0.823. The Hall–Kier alpha value is -1.02. The van der Waals surface area contributed by atoms with Gasteiger partial charge in [0.25, 0.3) is 0 Å². The smallest absolute Gasteiger partial charge is 0.0414 e. The summed E-state index contributed by atoms with van der Waals surface area (Å²) in [5.74, 6) is 0.707. The molecule has 0 radical (unpaired) electrons. The Morgan fingerprint density at radius 3 is 2.76 bits per heavy atom. The molecule has 2 nitrogen and oxygen atoms in total. The van der Waals surface area contributed by atoms with Gasteiger partial charge in [-0.3, -0.25) is 0 Å². The van der Waals surface area contributed by atoms with Crippen LogP contribution in [0.4, 0.5) is 5.69 Å². The third kappa shape index (κ3) is 4.74. The summed E-state index contributed by atoms with van der Waals surface area (Å²) in [4.78, 5) is 2.68. The van der Waals surface area contributed by atoms with Crippen molar-refractivity contribution in [1.82, 2.24) is 5.32 Å². The van der Waals surface area contributed by atoms with E-state index in [0.717, 1.165) is 19.1 Å². The number of hydrogen-bond acceptors (Lipinski definition) is 2. The summed E-state index contributed by atoms with van der Waals surface area (Å²) in [6.45, 7) is 10.2. The lowest BCUT2D eigenvalue weighted by Crippen LogP contribution is -2.35. The van der Waals surface area contributed by atoms with Crippen LogP contribution in [0, 0.1) is 5.92 Å². The summed E-state index contributed by atoms with van der Waals surface area (Å²) in [5.41, 5.74) is 2.92. The molecule has 1 N–H and O–H groups in total. The van der Waals surface area contributed by atoms with Crippen LogP contribution in [-0.2, 0) is 6.54 Å². The highest BCUT2D eigenvalue weighted by Gasteiger charge is 2.21. The van der Waals surface area contributed by atoms with E-state index < -0.39 is 0 Å². The highest BCUT2D eigenvalue weighted by atomic mass is 15.2. The Kier molecular flexibility index (Phi) is 6.56. The van der Waals surface area contributed by atoms with E-state index in [4.69, 9.17) is 0 Å². The molecule has 1 aromatic carbocycles. The molecule has 1 saturated heterocycles. The van der Waals surface area contributed by atoms with Crippen LogP contribution in [0.3, 0.4) is 0 Å². The van der Waals surface area contributed by atoms with Crippen LogP contribution in [0.5, 0.6) is 0 Å². The van der Waals surface area contributed by atoms with Gasteiger partial charge in [-0.05, 0) is 43.4 Å². The van der Waals surface area contributed by atoms with Crippen molar-refractivity contribution < 1.29 is 0 Å². The van der Waals surface area contributed by atoms with Crippen molar-refractivity contribution >= 4 is 5.69 Å². The molecule has 0 bridgehead atoms. The zero-order valence-corrected chi connectivity index (χ0v) is 14.1. The predicted molar refractivity (Wildman–Crippen MR) is 92.9 cm³/mol. The van der Waals surface area contributed by atoms with E-state index in [1.807, 2.05) is 0 Å². The van der Waals surface area contributed by atoms with Crippen molar-refractivity contribution in [3.05, 3.63) is 29.8 Å². The van der Waals surface area contributed by atoms with E-state index in [2.05, 4.69) is 55.3 Å². The summed E-state index contributed by atoms with van der Waals surface area (Å²) in [6.07, 6.45) is 6.73. The molecule has 21 heavy (non-hydrogen) atoms. The second-order valence-corrected chi connectivity index (χ2v) is 6.76. The molecule has 1 aliphatic heterocycles. The summed E-state index contributed by atoms with van der Waals surface area (Å²) >= 11 is 0. The number of benzene rings is 1. The standard InChI is InChI=1S/C19H32N2/c1-4-18-11-6-5-9-13-21(18)19-12-8-7-10-17(19)15-20-14-16(2)3/h7-8,10,12,16,18,20H,4-6,9,11,13-15H2,1-3H3. The first-order valence-corrected chi connectivity index (χ1v) is 8.77. The number of hydrogen-bond donors (Lipinski definition) is 1. The largest absolute Gasteiger partial charge is 0.368 e.